The summed E-state index contributed by atoms with van der Waals surface area (Å²) in [6.07, 6.45) is 2.02. The number of fused-ring (bicyclic) bond motifs is 5. The molecule has 1 aromatic carbocycles. The number of nitrogens with zero attached hydrogens (tertiary/aromatic N) is 3. The lowest BCUT2D eigenvalue weighted by atomic mass is 9.94. The number of carbonyl (C=O) groups excluding carboxylic acids is 2. The quantitative estimate of drug-likeness (QED) is 0.773. The normalized spacial score (nSPS) is 22.6. The molecule has 26 heavy (non-hydrogen) atoms. The SMILES string of the molecule is CC(=O)N1C[C@H]2CC[C@@H](C1)N(C(=O)c1cc(C)nc3c(Cl)cccc13)C2. The Balaban J connectivity index is 1.74. The molecule has 2 atom stereocenters. The lowest BCUT2D eigenvalue weighted by Crippen LogP contribution is -2.47. The van der Waals surface area contributed by atoms with Crippen LogP contribution < -0.4 is 0 Å². The van der Waals surface area contributed by atoms with Crippen LogP contribution in [0.1, 0.15) is 35.8 Å². The van der Waals surface area contributed by atoms with Crippen LogP contribution in [0.3, 0.4) is 0 Å². The minimum absolute atomic E-state index is 0.0165. The van der Waals surface area contributed by atoms with Crippen molar-refractivity contribution in [3.63, 3.8) is 0 Å². The van der Waals surface area contributed by atoms with Gasteiger partial charge in [-0.25, -0.2) is 0 Å². The van der Waals surface area contributed by atoms with Gasteiger partial charge in [0.2, 0.25) is 5.91 Å². The van der Waals surface area contributed by atoms with Gasteiger partial charge < -0.3 is 9.80 Å². The van der Waals surface area contributed by atoms with Crippen LogP contribution in [0.25, 0.3) is 10.9 Å². The van der Waals surface area contributed by atoms with E-state index in [1.807, 2.05) is 34.9 Å². The van der Waals surface area contributed by atoms with Gasteiger partial charge in [0.15, 0.2) is 0 Å². The number of pyridine rings is 1. The van der Waals surface area contributed by atoms with Crippen LogP contribution in [0.15, 0.2) is 24.3 Å². The number of amides is 2. The van der Waals surface area contributed by atoms with Crippen molar-refractivity contribution in [1.29, 1.82) is 0 Å². The monoisotopic (exact) mass is 371 g/mol. The van der Waals surface area contributed by atoms with E-state index in [4.69, 9.17) is 11.6 Å². The van der Waals surface area contributed by atoms with Crippen LogP contribution in [0.2, 0.25) is 5.02 Å². The third-order valence-corrected chi connectivity index (χ3v) is 5.87. The maximum atomic E-state index is 13.4. The van der Waals surface area contributed by atoms with Crippen LogP contribution in [-0.2, 0) is 4.79 Å². The van der Waals surface area contributed by atoms with Crippen molar-refractivity contribution in [2.45, 2.75) is 32.7 Å². The summed E-state index contributed by atoms with van der Waals surface area (Å²) >= 11 is 6.30. The Labute approximate surface area is 157 Å². The average Bonchev–Trinajstić information content (AvgIpc) is 2.93. The van der Waals surface area contributed by atoms with E-state index in [9.17, 15) is 9.59 Å². The van der Waals surface area contributed by atoms with Gasteiger partial charge in [0, 0.05) is 43.7 Å². The third-order valence-electron chi connectivity index (χ3n) is 5.57. The van der Waals surface area contributed by atoms with Crippen molar-refractivity contribution in [3.05, 3.63) is 40.5 Å². The molecule has 6 heteroatoms. The summed E-state index contributed by atoms with van der Waals surface area (Å²) in [5.74, 6) is 0.454. The number of benzene rings is 1. The summed E-state index contributed by atoms with van der Waals surface area (Å²) in [6, 6.07) is 7.47. The van der Waals surface area contributed by atoms with Crippen molar-refractivity contribution in [1.82, 2.24) is 14.8 Å². The first-order valence-electron chi connectivity index (χ1n) is 9.06. The predicted molar refractivity (Wildman–Crippen MR) is 101 cm³/mol. The molecule has 0 N–H and O–H groups in total. The van der Waals surface area contributed by atoms with Crippen LogP contribution in [0.5, 0.6) is 0 Å². The van der Waals surface area contributed by atoms with Gasteiger partial charge >= 0.3 is 0 Å². The van der Waals surface area contributed by atoms with E-state index in [1.54, 1.807) is 13.0 Å². The number of hydrogen-bond donors (Lipinski definition) is 0. The number of piperidine rings is 1. The summed E-state index contributed by atoms with van der Waals surface area (Å²) < 4.78 is 0. The largest absolute Gasteiger partial charge is 0.341 e. The smallest absolute Gasteiger partial charge is 0.254 e. The minimum atomic E-state index is 0.0165. The van der Waals surface area contributed by atoms with Gasteiger partial charge in [-0.2, -0.15) is 0 Å². The lowest BCUT2D eigenvalue weighted by molar-refractivity contribution is -0.129. The Morgan fingerprint density at radius 2 is 2.00 bits per heavy atom. The number of para-hydroxylation sites is 1. The Morgan fingerprint density at radius 3 is 2.77 bits per heavy atom. The zero-order valence-corrected chi connectivity index (χ0v) is 15.8. The first-order chi connectivity index (χ1) is 12.4. The number of hydrogen-bond acceptors (Lipinski definition) is 3. The third kappa shape index (κ3) is 2.94. The van der Waals surface area contributed by atoms with E-state index in [2.05, 4.69) is 4.98 Å². The Bertz CT molecular complexity index is 898. The van der Waals surface area contributed by atoms with Gasteiger partial charge in [-0.15, -0.1) is 0 Å². The van der Waals surface area contributed by atoms with Gasteiger partial charge in [-0.1, -0.05) is 23.7 Å². The topological polar surface area (TPSA) is 53.5 Å². The van der Waals surface area contributed by atoms with E-state index in [-0.39, 0.29) is 17.9 Å². The summed E-state index contributed by atoms with van der Waals surface area (Å²) in [6.45, 7) is 5.57. The van der Waals surface area contributed by atoms with Crippen molar-refractivity contribution in [2.75, 3.05) is 19.6 Å². The Morgan fingerprint density at radius 1 is 1.19 bits per heavy atom. The first kappa shape index (κ1) is 17.3. The molecule has 4 heterocycles. The summed E-state index contributed by atoms with van der Waals surface area (Å²) in [5, 5.41) is 1.34. The van der Waals surface area contributed by atoms with Crippen molar-refractivity contribution < 1.29 is 9.59 Å². The predicted octanol–water partition coefficient (Wildman–Crippen LogP) is 3.28. The molecule has 2 amide bonds. The average molecular weight is 372 g/mol. The standard InChI is InChI=1S/C20H22ClN3O2/c1-12-8-17(16-4-3-5-18(21)19(16)22-12)20(26)24-10-14-6-7-15(24)11-23(9-14)13(2)25/h3-5,8,14-15H,6-7,9-11H2,1-2H3/t14-,15+/m1/s1. The molecule has 3 saturated heterocycles. The molecule has 2 bridgehead atoms. The van der Waals surface area contributed by atoms with Crippen molar-refractivity contribution in [2.24, 2.45) is 5.92 Å². The first-order valence-corrected chi connectivity index (χ1v) is 9.44. The minimum Gasteiger partial charge on any atom is -0.341 e. The van der Waals surface area contributed by atoms with Crippen LogP contribution >= 0.6 is 11.6 Å². The molecule has 136 valence electrons. The highest BCUT2D eigenvalue weighted by Gasteiger charge is 2.38. The fourth-order valence-corrected chi connectivity index (χ4v) is 4.48. The number of aryl methyl sites for hydroxylation is 1. The van der Waals surface area contributed by atoms with Gasteiger partial charge in [-0.05, 0) is 37.8 Å². The van der Waals surface area contributed by atoms with Crippen LogP contribution in [-0.4, -0.2) is 52.3 Å². The van der Waals surface area contributed by atoms with Crippen molar-refractivity contribution >= 4 is 34.3 Å². The Hall–Kier alpha value is -2.14. The second-order valence-electron chi connectivity index (χ2n) is 7.43. The Kier molecular flexibility index (Phi) is 4.35. The van der Waals surface area contributed by atoms with Crippen molar-refractivity contribution in [3.8, 4) is 0 Å². The maximum Gasteiger partial charge on any atom is 0.254 e. The molecular formula is C20H22ClN3O2. The molecule has 5 nitrogen and oxygen atoms in total. The van der Waals surface area contributed by atoms with Gasteiger partial charge in [0.05, 0.1) is 16.1 Å². The highest BCUT2D eigenvalue weighted by molar-refractivity contribution is 6.35. The molecular weight excluding hydrogens is 350 g/mol. The van der Waals surface area contributed by atoms with Gasteiger partial charge in [0.25, 0.3) is 5.91 Å². The molecule has 0 spiro atoms. The highest BCUT2D eigenvalue weighted by atomic mass is 35.5. The fourth-order valence-electron chi connectivity index (χ4n) is 4.26. The molecule has 3 fully saturated rings. The molecule has 5 rings (SSSR count). The molecule has 3 aliphatic rings. The van der Waals surface area contributed by atoms with E-state index >= 15 is 0 Å². The lowest BCUT2D eigenvalue weighted by Gasteiger charge is -2.36. The van der Waals surface area contributed by atoms with E-state index in [1.165, 1.54) is 0 Å². The van der Waals surface area contributed by atoms with Crippen LogP contribution in [0, 0.1) is 12.8 Å². The molecule has 1 aromatic heterocycles. The second-order valence-corrected chi connectivity index (χ2v) is 7.83. The zero-order chi connectivity index (χ0) is 18.4. The molecule has 0 radical (unpaired) electrons. The van der Waals surface area contributed by atoms with Gasteiger partial charge in [-0.3, -0.25) is 14.6 Å². The van der Waals surface area contributed by atoms with E-state index in [0.29, 0.717) is 35.1 Å². The van der Waals surface area contributed by atoms with E-state index in [0.717, 1.165) is 30.5 Å². The molecule has 3 aliphatic heterocycles. The molecule has 0 aliphatic carbocycles. The maximum absolute atomic E-state index is 13.4. The van der Waals surface area contributed by atoms with E-state index < -0.39 is 0 Å². The summed E-state index contributed by atoms with van der Waals surface area (Å²) in [7, 11) is 0. The summed E-state index contributed by atoms with van der Waals surface area (Å²) in [4.78, 5) is 33.7. The fraction of sp³-hybridized carbons (Fsp3) is 0.450. The number of aromatic nitrogens is 1. The number of carbonyl (C=O) groups is 2. The second kappa shape index (κ2) is 6.54. The highest BCUT2D eigenvalue weighted by Crippen LogP contribution is 2.32. The van der Waals surface area contributed by atoms with Gasteiger partial charge in [0.1, 0.15) is 0 Å². The number of halogens is 1. The van der Waals surface area contributed by atoms with Crippen LogP contribution in [0.4, 0.5) is 0 Å². The summed E-state index contributed by atoms with van der Waals surface area (Å²) in [5.41, 5.74) is 2.10. The molecule has 0 unspecified atom stereocenters. The molecule has 0 saturated carbocycles. The zero-order valence-electron chi connectivity index (χ0n) is 15.0. The number of rotatable bonds is 1. The molecule has 2 aromatic rings.